The highest BCUT2D eigenvalue weighted by Crippen LogP contribution is 2.29. The van der Waals surface area contributed by atoms with Gasteiger partial charge in [0.05, 0.1) is 18.1 Å². The quantitative estimate of drug-likeness (QED) is 0.728. The molecule has 0 aromatic heterocycles. The van der Waals surface area contributed by atoms with Crippen LogP contribution in [-0.2, 0) is 20.5 Å². The third-order valence-electron chi connectivity index (χ3n) is 3.36. The van der Waals surface area contributed by atoms with E-state index in [0.29, 0.717) is 0 Å². The summed E-state index contributed by atoms with van der Waals surface area (Å²) in [5.74, 6) is -3.58. The van der Waals surface area contributed by atoms with E-state index in [2.05, 4.69) is 5.32 Å². The van der Waals surface area contributed by atoms with Gasteiger partial charge in [-0.25, -0.2) is 4.79 Å². The second kappa shape index (κ2) is 8.50. The van der Waals surface area contributed by atoms with Crippen molar-refractivity contribution in [1.29, 1.82) is 0 Å². The van der Waals surface area contributed by atoms with Gasteiger partial charge in [0.15, 0.2) is 0 Å². The maximum Gasteiger partial charge on any atom is 0.416 e. The molecule has 0 unspecified atom stereocenters. The molecule has 2 atom stereocenters. The van der Waals surface area contributed by atoms with Crippen molar-refractivity contribution in [3.63, 3.8) is 0 Å². The summed E-state index contributed by atoms with van der Waals surface area (Å²) in [7, 11) is 0. The average molecular weight is 361 g/mol. The van der Waals surface area contributed by atoms with Crippen molar-refractivity contribution in [2.24, 2.45) is 5.92 Å². The zero-order valence-electron chi connectivity index (χ0n) is 13.6. The van der Waals surface area contributed by atoms with Crippen LogP contribution in [0.2, 0.25) is 0 Å². The number of ether oxygens (including phenoxy) is 1. The highest BCUT2D eigenvalue weighted by atomic mass is 19.4. The molecule has 0 aliphatic heterocycles. The van der Waals surface area contributed by atoms with Crippen LogP contribution < -0.4 is 5.32 Å². The first-order valence-corrected chi connectivity index (χ1v) is 7.43. The minimum atomic E-state index is -4.53. The second-order valence-electron chi connectivity index (χ2n) is 5.33. The molecule has 0 aliphatic carbocycles. The lowest BCUT2D eigenvalue weighted by Crippen LogP contribution is -2.42. The highest BCUT2D eigenvalue weighted by Gasteiger charge is 2.31. The van der Waals surface area contributed by atoms with Crippen molar-refractivity contribution in [3.05, 3.63) is 35.4 Å². The summed E-state index contributed by atoms with van der Waals surface area (Å²) >= 11 is 0. The number of amides is 1. The maximum absolute atomic E-state index is 12.5. The van der Waals surface area contributed by atoms with Gasteiger partial charge in [-0.15, -0.1) is 0 Å². The third kappa shape index (κ3) is 6.09. The topological polar surface area (TPSA) is 92.7 Å². The first-order valence-electron chi connectivity index (χ1n) is 7.43. The van der Waals surface area contributed by atoms with Crippen LogP contribution in [0.3, 0.4) is 0 Å². The summed E-state index contributed by atoms with van der Waals surface area (Å²) < 4.78 is 42.3. The smallest absolute Gasteiger partial charge is 0.416 e. The van der Waals surface area contributed by atoms with Crippen molar-refractivity contribution < 1.29 is 37.4 Å². The summed E-state index contributed by atoms with van der Waals surface area (Å²) in [6, 6.07) is 1.98. The van der Waals surface area contributed by atoms with Gasteiger partial charge >= 0.3 is 18.1 Å². The summed E-state index contributed by atoms with van der Waals surface area (Å²) in [6.07, 6.45) is -4.74. The lowest BCUT2D eigenvalue weighted by molar-refractivity contribution is -0.148. The molecule has 1 aromatic carbocycles. The van der Waals surface area contributed by atoms with Gasteiger partial charge in [0.1, 0.15) is 6.04 Å². The van der Waals surface area contributed by atoms with Crippen LogP contribution >= 0.6 is 0 Å². The number of esters is 1. The van der Waals surface area contributed by atoms with Crippen molar-refractivity contribution in [3.8, 4) is 0 Å². The Morgan fingerprint density at radius 1 is 1.20 bits per heavy atom. The zero-order chi connectivity index (χ0) is 19.2. The molecule has 9 heteroatoms. The largest absolute Gasteiger partial charge is 0.480 e. The van der Waals surface area contributed by atoms with Crippen LogP contribution in [0, 0.1) is 5.92 Å². The van der Waals surface area contributed by atoms with E-state index in [1.54, 1.807) is 6.92 Å². The normalized spacial score (nSPS) is 13.6. The number of aliphatic carboxylic acids is 1. The molecule has 0 saturated carbocycles. The van der Waals surface area contributed by atoms with Crippen molar-refractivity contribution in [2.45, 2.75) is 32.5 Å². The molecular weight excluding hydrogens is 343 g/mol. The van der Waals surface area contributed by atoms with Gasteiger partial charge in [0.2, 0.25) is 0 Å². The molecule has 1 amide bonds. The SMILES string of the molecule is CCOC(=O)[C@@H](C)C[C@H](NC(=O)c1ccc(C(F)(F)F)cc1)C(=O)O. The van der Waals surface area contributed by atoms with E-state index in [-0.39, 0.29) is 18.6 Å². The number of carbonyl (C=O) groups is 3. The molecule has 0 heterocycles. The van der Waals surface area contributed by atoms with Crippen LogP contribution in [0.25, 0.3) is 0 Å². The number of rotatable bonds is 7. The molecule has 1 rings (SSSR count). The number of carboxylic acid groups (broad SMARTS) is 1. The minimum absolute atomic E-state index is 0.122. The van der Waals surface area contributed by atoms with Crippen LogP contribution in [-0.4, -0.2) is 35.6 Å². The standard InChI is InChI=1S/C16H18F3NO5/c1-3-25-15(24)9(2)8-12(14(22)23)20-13(21)10-4-6-11(7-5-10)16(17,18)19/h4-7,9,12H,3,8H2,1-2H3,(H,20,21)(H,22,23)/t9-,12-/m0/s1. The maximum atomic E-state index is 12.5. The molecule has 0 bridgehead atoms. The lowest BCUT2D eigenvalue weighted by atomic mass is 10.0. The molecule has 6 nitrogen and oxygen atoms in total. The van der Waals surface area contributed by atoms with E-state index in [1.165, 1.54) is 6.92 Å². The minimum Gasteiger partial charge on any atom is -0.480 e. The fourth-order valence-corrected chi connectivity index (χ4v) is 2.01. The number of alkyl halides is 3. The summed E-state index contributed by atoms with van der Waals surface area (Å²) in [5.41, 5.74) is -1.04. The van der Waals surface area contributed by atoms with Gasteiger partial charge in [-0.2, -0.15) is 13.2 Å². The number of carbonyl (C=O) groups excluding carboxylic acids is 2. The molecule has 25 heavy (non-hydrogen) atoms. The van der Waals surface area contributed by atoms with E-state index < -0.39 is 41.5 Å². The molecule has 1 aromatic rings. The number of nitrogens with one attached hydrogen (secondary N) is 1. The second-order valence-corrected chi connectivity index (χ2v) is 5.33. The number of carboxylic acids is 1. The molecular formula is C16H18F3NO5. The van der Waals surface area contributed by atoms with Crippen LogP contribution in [0.4, 0.5) is 13.2 Å². The number of halogens is 3. The Kier molecular flexibility index (Phi) is 6.96. The third-order valence-corrected chi connectivity index (χ3v) is 3.36. The Hall–Kier alpha value is -2.58. The van der Waals surface area contributed by atoms with E-state index in [1.807, 2.05) is 0 Å². The fourth-order valence-electron chi connectivity index (χ4n) is 2.01. The van der Waals surface area contributed by atoms with Gasteiger partial charge in [-0.3, -0.25) is 9.59 Å². The van der Waals surface area contributed by atoms with E-state index in [9.17, 15) is 27.6 Å². The van der Waals surface area contributed by atoms with E-state index in [0.717, 1.165) is 24.3 Å². The van der Waals surface area contributed by atoms with Gasteiger partial charge in [0, 0.05) is 5.56 Å². The molecule has 0 aliphatic rings. The van der Waals surface area contributed by atoms with Gasteiger partial charge < -0.3 is 15.2 Å². The molecule has 0 saturated heterocycles. The molecule has 0 radical (unpaired) electrons. The van der Waals surface area contributed by atoms with Crippen LogP contribution in [0.1, 0.15) is 36.2 Å². The molecule has 138 valence electrons. The fraction of sp³-hybridized carbons (Fsp3) is 0.438. The number of benzene rings is 1. The number of hydrogen-bond donors (Lipinski definition) is 2. The predicted octanol–water partition coefficient (Wildman–Crippen LogP) is 2.48. The monoisotopic (exact) mass is 361 g/mol. The van der Waals surface area contributed by atoms with Crippen LogP contribution in [0.5, 0.6) is 0 Å². The van der Waals surface area contributed by atoms with Crippen molar-refractivity contribution in [2.75, 3.05) is 6.61 Å². The van der Waals surface area contributed by atoms with Gasteiger partial charge in [0.25, 0.3) is 5.91 Å². The van der Waals surface area contributed by atoms with Gasteiger partial charge in [-0.05, 0) is 37.6 Å². The molecule has 2 N–H and O–H groups in total. The Bertz CT molecular complexity index is 628. The predicted molar refractivity (Wildman–Crippen MR) is 80.7 cm³/mol. The molecule has 0 fully saturated rings. The Morgan fingerprint density at radius 2 is 1.76 bits per heavy atom. The van der Waals surface area contributed by atoms with Gasteiger partial charge in [-0.1, -0.05) is 6.92 Å². The van der Waals surface area contributed by atoms with E-state index >= 15 is 0 Å². The highest BCUT2D eigenvalue weighted by molar-refractivity contribution is 5.96. The van der Waals surface area contributed by atoms with Crippen molar-refractivity contribution in [1.82, 2.24) is 5.32 Å². The lowest BCUT2D eigenvalue weighted by Gasteiger charge is -2.18. The Balaban J connectivity index is 2.79. The van der Waals surface area contributed by atoms with Crippen molar-refractivity contribution >= 4 is 17.8 Å². The van der Waals surface area contributed by atoms with Crippen LogP contribution in [0.15, 0.2) is 24.3 Å². The Labute approximate surface area is 142 Å². The number of hydrogen-bond acceptors (Lipinski definition) is 4. The summed E-state index contributed by atoms with van der Waals surface area (Å²) in [5, 5.41) is 11.4. The van der Waals surface area contributed by atoms with E-state index in [4.69, 9.17) is 9.84 Å². The summed E-state index contributed by atoms with van der Waals surface area (Å²) in [4.78, 5) is 34.8. The zero-order valence-corrected chi connectivity index (χ0v) is 13.6. The first kappa shape index (κ1) is 20.5. The summed E-state index contributed by atoms with van der Waals surface area (Å²) in [6.45, 7) is 3.20. The average Bonchev–Trinajstić information content (AvgIpc) is 2.53. The first-order chi connectivity index (χ1) is 11.6. The Morgan fingerprint density at radius 3 is 2.20 bits per heavy atom. The molecule has 0 spiro atoms.